The third-order valence-electron chi connectivity index (χ3n) is 3.66. The van der Waals surface area contributed by atoms with E-state index in [0.717, 1.165) is 10.4 Å². The van der Waals surface area contributed by atoms with Gasteiger partial charge in [-0.05, 0) is 36.1 Å². The van der Waals surface area contributed by atoms with Crippen LogP contribution in [0.25, 0.3) is 0 Å². The summed E-state index contributed by atoms with van der Waals surface area (Å²) in [4.78, 5) is 33.0. The first-order valence-electron chi connectivity index (χ1n) is 8.07. The molecule has 3 aromatic rings. The average Bonchev–Trinajstić information content (AvgIpc) is 3.20. The molecule has 6 nitrogen and oxygen atoms in total. The third-order valence-corrected chi connectivity index (χ3v) is 4.60. The highest BCUT2D eigenvalue weighted by Crippen LogP contribution is 2.26. The molecule has 3 rings (SSSR count). The number of thiophene rings is 1. The fourth-order valence-electron chi connectivity index (χ4n) is 2.34. The van der Waals surface area contributed by atoms with E-state index >= 15 is 0 Å². The molecule has 0 fully saturated rings. The number of halogens is 1. The second kappa shape index (κ2) is 8.50. The average molecular weight is 385 g/mol. The maximum Gasteiger partial charge on any atom is 0.359 e. The highest BCUT2D eigenvalue weighted by atomic mass is 32.1. The number of rotatable bonds is 6. The molecule has 8 heteroatoms. The Balaban J connectivity index is 1.65. The number of ether oxygens (including phenoxy) is 1. The van der Waals surface area contributed by atoms with Crippen molar-refractivity contribution in [3.05, 3.63) is 81.8 Å². The molecule has 0 bridgehead atoms. The van der Waals surface area contributed by atoms with Crippen LogP contribution in [0.3, 0.4) is 0 Å². The van der Waals surface area contributed by atoms with Crippen LogP contribution in [0.5, 0.6) is 0 Å². The molecule has 0 aliphatic heterocycles. The fourth-order valence-corrected chi connectivity index (χ4v) is 3.14. The Morgan fingerprint density at radius 1 is 1.19 bits per heavy atom. The Hall–Kier alpha value is -3.13. The van der Waals surface area contributed by atoms with Gasteiger partial charge in [0.05, 0.1) is 17.9 Å². The van der Waals surface area contributed by atoms with Crippen LogP contribution in [0.4, 0.5) is 4.39 Å². The van der Waals surface area contributed by atoms with Crippen LogP contribution < -0.4 is 5.32 Å². The van der Waals surface area contributed by atoms with Crippen LogP contribution in [-0.2, 0) is 9.53 Å². The summed E-state index contributed by atoms with van der Waals surface area (Å²) in [6.45, 7) is 1.28. The van der Waals surface area contributed by atoms with Crippen LogP contribution in [0, 0.1) is 12.7 Å². The van der Waals surface area contributed by atoms with E-state index in [0.29, 0.717) is 5.69 Å². The van der Waals surface area contributed by atoms with Crippen molar-refractivity contribution in [3.8, 4) is 0 Å². The number of carbonyl (C=O) groups excluding carboxylic acids is 2. The number of aryl methyl sites for hydroxylation is 1. The van der Waals surface area contributed by atoms with Gasteiger partial charge in [0.1, 0.15) is 5.82 Å². The van der Waals surface area contributed by atoms with E-state index in [9.17, 15) is 14.0 Å². The van der Waals surface area contributed by atoms with E-state index in [1.54, 1.807) is 19.1 Å². The molecular weight excluding hydrogens is 369 g/mol. The molecule has 1 amide bonds. The van der Waals surface area contributed by atoms with Crippen molar-refractivity contribution >= 4 is 23.2 Å². The Morgan fingerprint density at radius 3 is 2.59 bits per heavy atom. The molecule has 0 spiro atoms. The quantitative estimate of drug-likeness (QED) is 0.660. The van der Waals surface area contributed by atoms with Crippen molar-refractivity contribution in [2.24, 2.45) is 0 Å². The first-order valence-corrected chi connectivity index (χ1v) is 8.95. The summed E-state index contributed by atoms with van der Waals surface area (Å²) in [5, 5.41) is 4.69. The molecule has 138 valence electrons. The summed E-state index contributed by atoms with van der Waals surface area (Å²) >= 11 is 1.46. The molecule has 0 saturated carbocycles. The van der Waals surface area contributed by atoms with E-state index in [1.165, 1.54) is 35.9 Å². The predicted molar refractivity (Wildman–Crippen MR) is 97.8 cm³/mol. The molecule has 0 aliphatic rings. The minimum Gasteiger partial charge on any atom is -0.451 e. The van der Waals surface area contributed by atoms with Gasteiger partial charge >= 0.3 is 5.97 Å². The van der Waals surface area contributed by atoms with Gasteiger partial charge in [0.15, 0.2) is 12.3 Å². The number of esters is 1. The van der Waals surface area contributed by atoms with Crippen molar-refractivity contribution in [1.82, 2.24) is 15.3 Å². The normalized spacial score (nSPS) is 11.6. The van der Waals surface area contributed by atoms with Gasteiger partial charge in [-0.3, -0.25) is 9.78 Å². The van der Waals surface area contributed by atoms with Gasteiger partial charge in [0, 0.05) is 11.1 Å². The molecule has 0 saturated heterocycles. The van der Waals surface area contributed by atoms with Gasteiger partial charge in [-0.25, -0.2) is 14.2 Å². The molecule has 1 N–H and O–H groups in total. The molecule has 0 unspecified atom stereocenters. The van der Waals surface area contributed by atoms with Crippen molar-refractivity contribution in [3.63, 3.8) is 0 Å². The molecule has 0 aliphatic carbocycles. The topological polar surface area (TPSA) is 81.2 Å². The Labute approximate surface area is 159 Å². The molecule has 1 atom stereocenters. The van der Waals surface area contributed by atoms with Crippen molar-refractivity contribution in [1.29, 1.82) is 0 Å². The Morgan fingerprint density at radius 2 is 1.96 bits per heavy atom. The summed E-state index contributed by atoms with van der Waals surface area (Å²) in [6, 6.07) is 9.14. The first-order chi connectivity index (χ1) is 13.0. The monoisotopic (exact) mass is 385 g/mol. The maximum absolute atomic E-state index is 13.2. The Kier molecular flexibility index (Phi) is 5.87. The summed E-state index contributed by atoms with van der Waals surface area (Å²) in [6.07, 6.45) is 2.74. The lowest BCUT2D eigenvalue weighted by Crippen LogP contribution is -2.32. The van der Waals surface area contributed by atoms with Crippen molar-refractivity contribution < 1.29 is 18.7 Å². The van der Waals surface area contributed by atoms with E-state index < -0.39 is 24.5 Å². The molecule has 2 heterocycles. The SMILES string of the molecule is Cc1cnc(C(=O)OCC(=O)N[C@@H](c2ccc(F)cc2)c2cccs2)cn1. The van der Waals surface area contributed by atoms with Gasteiger partial charge in [-0.15, -0.1) is 11.3 Å². The van der Waals surface area contributed by atoms with Gasteiger partial charge < -0.3 is 10.1 Å². The first kappa shape index (κ1) is 18.7. The zero-order chi connectivity index (χ0) is 19.2. The van der Waals surface area contributed by atoms with Crippen LogP contribution in [0.15, 0.2) is 54.2 Å². The molecular formula is C19H16FN3O3S. The number of amides is 1. The second-order valence-electron chi connectivity index (χ2n) is 5.69. The standard InChI is InChI=1S/C19H16FN3O3S/c1-12-9-22-15(10-21-12)19(25)26-11-17(24)23-18(16-3-2-8-27-16)13-4-6-14(20)7-5-13/h2-10,18H,11H2,1H3,(H,23,24)/t18-/m0/s1. The zero-order valence-corrected chi connectivity index (χ0v) is 15.2. The zero-order valence-electron chi connectivity index (χ0n) is 14.4. The number of aromatic nitrogens is 2. The molecule has 1 aromatic carbocycles. The van der Waals surface area contributed by atoms with Crippen molar-refractivity contribution in [2.75, 3.05) is 6.61 Å². The fraction of sp³-hybridized carbons (Fsp3) is 0.158. The minimum atomic E-state index is -0.730. The van der Waals surface area contributed by atoms with Crippen LogP contribution in [-0.4, -0.2) is 28.5 Å². The van der Waals surface area contributed by atoms with Crippen LogP contribution in [0.1, 0.15) is 32.7 Å². The van der Waals surface area contributed by atoms with Gasteiger partial charge in [-0.1, -0.05) is 18.2 Å². The number of hydrogen-bond acceptors (Lipinski definition) is 6. The van der Waals surface area contributed by atoms with Crippen molar-refractivity contribution in [2.45, 2.75) is 13.0 Å². The lowest BCUT2D eigenvalue weighted by atomic mass is 10.1. The highest BCUT2D eigenvalue weighted by molar-refractivity contribution is 7.10. The van der Waals surface area contributed by atoms with Gasteiger partial charge in [0.25, 0.3) is 5.91 Å². The molecule has 2 aromatic heterocycles. The summed E-state index contributed by atoms with van der Waals surface area (Å²) in [5.74, 6) is -1.57. The molecule has 0 radical (unpaired) electrons. The predicted octanol–water partition coefficient (Wildman–Crippen LogP) is 3.05. The van der Waals surface area contributed by atoms with Gasteiger partial charge in [-0.2, -0.15) is 0 Å². The summed E-state index contributed by atoms with van der Waals surface area (Å²) in [7, 11) is 0. The number of benzene rings is 1. The van der Waals surface area contributed by atoms with E-state index in [-0.39, 0.29) is 11.5 Å². The lowest BCUT2D eigenvalue weighted by molar-refractivity contribution is -0.124. The summed E-state index contributed by atoms with van der Waals surface area (Å²) < 4.78 is 18.2. The van der Waals surface area contributed by atoms with E-state index in [4.69, 9.17) is 4.74 Å². The lowest BCUT2D eigenvalue weighted by Gasteiger charge is -2.18. The number of nitrogens with one attached hydrogen (secondary N) is 1. The third kappa shape index (κ3) is 4.95. The minimum absolute atomic E-state index is 0.0294. The smallest absolute Gasteiger partial charge is 0.359 e. The number of hydrogen-bond donors (Lipinski definition) is 1. The largest absolute Gasteiger partial charge is 0.451 e. The number of nitrogens with zero attached hydrogens (tertiary/aromatic N) is 2. The highest BCUT2D eigenvalue weighted by Gasteiger charge is 2.19. The second-order valence-corrected chi connectivity index (χ2v) is 6.67. The maximum atomic E-state index is 13.2. The summed E-state index contributed by atoms with van der Waals surface area (Å²) in [5.41, 5.74) is 1.42. The van der Waals surface area contributed by atoms with Crippen LogP contribution in [0.2, 0.25) is 0 Å². The van der Waals surface area contributed by atoms with Gasteiger partial charge in [0.2, 0.25) is 0 Å². The van der Waals surface area contributed by atoms with E-state index in [1.807, 2.05) is 17.5 Å². The van der Waals surface area contributed by atoms with E-state index in [2.05, 4.69) is 15.3 Å². The Bertz CT molecular complexity index is 912. The number of carbonyl (C=O) groups is 2. The van der Waals surface area contributed by atoms with Crippen LogP contribution >= 0.6 is 11.3 Å². The molecule has 27 heavy (non-hydrogen) atoms.